The number of benzene rings is 2. The molecule has 6 aromatic rings. The van der Waals surface area contributed by atoms with Gasteiger partial charge in [0.05, 0.1) is 69.6 Å². The average molecular weight is 888 g/mol. The maximum atomic E-state index is 16.8. The number of hydrogen-bond acceptors (Lipinski definition) is 9. The molecule has 3 amide bonds. The highest BCUT2D eigenvalue weighted by atomic mass is 32.1. The largest absolute Gasteiger partial charge is 0.464 e. The molecule has 1 saturated carbocycles. The molecule has 0 radical (unpaired) electrons. The van der Waals surface area contributed by atoms with E-state index in [1.165, 1.54) is 26.0 Å². The summed E-state index contributed by atoms with van der Waals surface area (Å²) in [6.07, 6.45) is 11.3. The number of alkyl carbamates (subject to hydrolysis) is 1. The minimum absolute atomic E-state index is 0.131. The predicted molar refractivity (Wildman–Crippen MR) is 241 cm³/mol. The van der Waals surface area contributed by atoms with Crippen LogP contribution >= 0.6 is 11.3 Å². The summed E-state index contributed by atoms with van der Waals surface area (Å²) in [5.41, 5.74) is 4.88. The Kier molecular flexibility index (Phi) is 11.0. The Balaban J connectivity index is 0.979. The number of hydrogen-bond donors (Lipinski definition) is 3. The second kappa shape index (κ2) is 16.8. The summed E-state index contributed by atoms with van der Waals surface area (Å²) in [7, 11) is 1.29. The molecular weight excluding hydrogens is 834 g/mol. The Morgan fingerprint density at radius 3 is 2.28 bits per heavy atom. The van der Waals surface area contributed by atoms with E-state index >= 15 is 4.39 Å². The first kappa shape index (κ1) is 42.0. The normalized spacial score (nSPS) is 19.9. The molecule has 7 heterocycles. The molecule has 14 nitrogen and oxygen atoms in total. The summed E-state index contributed by atoms with van der Waals surface area (Å²) in [6, 6.07) is 10.4. The molecule has 0 spiro atoms. The van der Waals surface area contributed by atoms with E-state index in [9.17, 15) is 14.4 Å². The van der Waals surface area contributed by atoms with Gasteiger partial charge in [-0.25, -0.2) is 24.1 Å². The maximum Gasteiger partial charge on any atom is 0.407 e. The molecule has 16 heteroatoms. The number of aromatic nitrogens is 6. The van der Waals surface area contributed by atoms with E-state index in [0.717, 1.165) is 64.1 Å². The minimum atomic E-state index is -0.728. The van der Waals surface area contributed by atoms with Crippen molar-refractivity contribution in [1.29, 1.82) is 0 Å². The number of amides is 3. The van der Waals surface area contributed by atoms with E-state index in [4.69, 9.17) is 24.4 Å². The average Bonchev–Trinajstić information content (AvgIpc) is 3.99. The van der Waals surface area contributed by atoms with E-state index in [0.29, 0.717) is 65.3 Å². The fourth-order valence-corrected chi connectivity index (χ4v) is 10.8. The van der Waals surface area contributed by atoms with Crippen LogP contribution in [0.2, 0.25) is 0 Å². The molecule has 4 aromatic heterocycles. The van der Waals surface area contributed by atoms with Crippen LogP contribution in [0.4, 0.5) is 9.18 Å². The Labute approximate surface area is 375 Å². The molecule has 2 aromatic carbocycles. The fraction of sp³-hybridized carbons (Fsp3) is 0.458. The number of halogens is 1. The van der Waals surface area contributed by atoms with Gasteiger partial charge in [-0.05, 0) is 86.6 Å². The van der Waals surface area contributed by atoms with Gasteiger partial charge in [-0.2, -0.15) is 0 Å². The summed E-state index contributed by atoms with van der Waals surface area (Å²) in [6.45, 7) is 9.15. The van der Waals surface area contributed by atoms with Gasteiger partial charge < -0.3 is 34.6 Å². The van der Waals surface area contributed by atoms with Crippen molar-refractivity contribution in [2.45, 2.75) is 103 Å². The highest BCUT2D eigenvalue weighted by Gasteiger charge is 2.39. The first-order valence-electron chi connectivity index (χ1n) is 22.6. The molecule has 10 rings (SSSR count). The Morgan fingerprint density at radius 2 is 1.59 bits per heavy atom. The number of H-pyrrole nitrogens is 2. The number of carbonyl (C=O) groups is 3. The van der Waals surface area contributed by atoms with Crippen molar-refractivity contribution >= 4 is 40.1 Å². The molecule has 0 bridgehead atoms. The fourth-order valence-electron chi connectivity index (χ4n) is 9.70. The topological polar surface area (TPSA) is 163 Å². The number of fused-ring (bicyclic) bond motifs is 5. The SMILES string of the molecule is COC(=O)NC(C(=O)N1CCCC1c1ncc(-c2ccc3c(c2)cc2n3C(c3cnc(CC4CC4)s3)Oc3cc(-c4cnc(C5CCCN5C(=O)CC(C)C)[nH]4)cc(F)c3-2)[nH]1)C(C)C. The summed E-state index contributed by atoms with van der Waals surface area (Å²) in [4.78, 5) is 64.9. The number of carbonyl (C=O) groups excluding carboxylic acids is 3. The Bertz CT molecular complexity index is 2750. The van der Waals surface area contributed by atoms with Crippen LogP contribution in [0.15, 0.2) is 55.0 Å². The van der Waals surface area contributed by atoms with Gasteiger partial charge in [-0.3, -0.25) is 14.2 Å². The van der Waals surface area contributed by atoms with Gasteiger partial charge >= 0.3 is 6.09 Å². The number of nitrogens with one attached hydrogen (secondary N) is 3. The molecule has 1 aliphatic carbocycles. The lowest BCUT2D eigenvalue weighted by atomic mass is 10.0. The Hall–Kier alpha value is -6.03. The predicted octanol–water partition coefficient (Wildman–Crippen LogP) is 9.33. The zero-order chi connectivity index (χ0) is 44.4. The number of imidazole rings is 2. The smallest absolute Gasteiger partial charge is 0.407 e. The Morgan fingerprint density at radius 1 is 0.891 bits per heavy atom. The van der Waals surface area contributed by atoms with Crippen LogP contribution in [-0.4, -0.2) is 83.4 Å². The number of nitrogens with zero attached hydrogens (tertiary/aromatic N) is 6. The van der Waals surface area contributed by atoms with E-state index in [2.05, 4.69) is 39.8 Å². The van der Waals surface area contributed by atoms with Crippen molar-refractivity contribution in [1.82, 2.24) is 44.6 Å². The maximum absolute atomic E-state index is 16.8. The van der Waals surface area contributed by atoms with Gasteiger partial charge in [0.15, 0.2) is 0 Å². The van der Waals surface area contributed by atoms with Crippen molar-refractivity contribution in [2.75, 3.05) is 20.2 Å². The van der Waals surface area contributed by atoms with Crippen LogP contribution in [0.1, 0.15) is 112 Å². The molecule has 64 heavy (non-hydrogen) atoms. The molecule has 4 atom stereocenters. The lowest BCUT2D eigenvalue weighted by Gasteiger charge is -2.30. The van der Waals surface area contributed by atoms with Crippen LogP contribution in [-0.2, 0) is 20.7 Å². The van der Waals surface area contributed by atoms with E-state index in [1.54, 1.807) is 28.6 Å². The lowest BCUT2D eigenvalue weighted by molar-refractivity contribution is -0.135. The molecule has 3 aliphatic heterocycles. The number of aromatic amines is 2. The third-order valence-corrected chi connectivity index (χ3v) is 14.2. The van der Waals surface area contributed by atoms with Crippen LogP contribution in [0.25, 0.3) is 44.7 Å². The molecule has 4 unspecified atom stereocenters. The second-order valence-corrected chi connectivity index (χ2v) is 19.7. The number of likely N-dealkylation sites (tertiary alicyclic amines) is 2. The summed E-state index contributed by atoms with van der Waals surface area (Å²) >= 11 is 1.64. The molecule has 2 saturated heterocycles. The zero-order valence-electron chi connectivity index (χ0n) is 36.8. The third-order valence-electron chi connectivity index (χ3n) is 13.1. The second-order valence-electron chi connectivity index (χ2n) is 18.5. The summed E-state index contributed by atoms with van der Waals surface area (Å²) < 4.78 is 30.6. The van der Waals surface area contributed by atoms with Gasteiger partial charge in [-0.1, -0.05) is 33.8 Å². The highest BCUT2D eigenvalue weighted by Crippen LogP contribution is 2.48. The van der Waals surface area contributed by atoms with E-state index < -0.39 is 24.2 Å². The number of ether oxygens (including phenoxy) is 2. The van der Waals surface area contributed by atoms with Crippen molar-refractivity contribution in [3.8, 4) is 39.5 Å². The monoisotopic (exact) mass is 887 g/mol. The molecule has 3 fully saturated rings. The van der Waals surface area contributed by atoms with Crippen molar-refractivity contribution in [3.63, 3.8) is 0 Å². The van der Waals surface area contributed by atoms with Gasteiger partial charge in [0.25, 0.3) is 0 Å². The van der Waals surface area contributed by atoms with E-state index in [1.807, 2.05) is 49.2 Å². The minimum Gasteiger partial charge on any atom is -0.464 e. The quantitative estimate of drug-likeness (QED) is 0.110. The van der Waals surface area contributed by atoms with Crippen molar-refractivity contribution in [2.24, 2.45) is 17.8 Å². The molecule has 4 aliphatic rings. The standard InChI is InChI=1S/C48H54FN9O5S/c1-25(2)16-41(59)56-14-6-8-35(56)44-52-23-33(54-44)29-19-31(49)42-37-20-30-18-28(12-13-34(30)58(37)47(63-38(42)21-29)39-24-50-40(64-39)17-27-10-11-27)32-22-51-45(53-32)36-9-7-15-57(36)46(60)43(26(3)4)55-48(61)62-5/h12-13,18-27,35-36,43,47H,6-11,14-17H2,1-5H3,(H,51,53)(H,52,54)(H,55,61). The van der Waals surface area contributed by atoms with Gasteiger partial charge in [0, 0.05) is 48.6 Å². The van der Waals surface area contributed by atoms with Crippen LogP contribution < -0.4 is 10.1 Å². The van der Waals surface area contributed by atoms with Crippen LogP contribution in [0.5, 0.6) is 5.75 Å². The van der Waals surface area contributed by atoms with Crippen LogP contribution in [0, 0.1) is 23.6 Å². The first-order valence-corrected chi connectivity index (χ1v) is 23.4. The van der Waals surface area contributed by atoms with E-state index in [-0.39, 0.29) is 35.7 Å². The first-order chi connectivity index (χ1) is 30.9. The summed E-state index contributed by atoms with van der Waals surface area (Å²) in [5, 5.41) is 4.68. The lowest BCUT2D eigenvalue weighted by Crippen LogP contribution is -2.51. The molecular formula is C48H54FN9O5S. The highest BCUT2D eigenvalue weighted by molar-refractivity contribution is 7.11. The molecule has 3 N–H and O–H groups in total. The van der Waals surface area contributed by atoms with Gasteiger partial charge in [0.1, 0.15) is 29.3 Å². The van der Waals surface area contributed by atoms with Gasteiger partial charge in [-0.15, -0.1) is 11.3 Å². The van der Waals surface area contributed by atoms with Crippen LogP contribution in [0.3, 0.4) is 0 Å². The zero-order valence-corrected chi connectivity index (χ0v) is 37.6. The van der Waals surface area contributed by atoms with Crippen molar-refractivity contribution < 1.29 is 28.2 Å². The van der Waals surface area contributed by atoms with Gasteiger partial charge in [0.2, 0.25) is 18.0 Å². The third kappa shape index (κ3) is 7.83. The number of methoxy groups -OCH3 is 1. The number of rotatable bonds is 12. The number of thiazole rings is 1. The van der Waals surface area contributed by atoms with Crippen molar-refractivity contribution in [3.05, 3.63) is 82.3 Å². The molecule has 334 valence electrons. The summed E-state index contributed by atoms with van der Waals surface area (Å²) in [5.74, 6) is 2.15.